The first-order chi connectivity index (χ1) is 14.4. The highest BCUT2D eigenvalue weighted by Gasteiger charge is 2.61. The highest BCUT2D eigenvalue weighted by molar-refractivity contribution is 7.10. The predicted molar refractivity (Wildman–Crippen MR) is 111 cm³/mol. The zero-order valence-electron chi connectivity index (χ0n) is 16.8. The van der Waals surface area contributed by atoms with E-state index in [-0.39, 0.29) is 19.6 Å². The van der Waals surface area contributed by atoms with Crippen molar-refractivity contribution in [3.63, 3.8) is 0 Å². The van der Waals surface area contributed by atoms with Gasteiger partial charge in [0.2, 0.25) is 0 Å². The number of ether oxygens (including phenoxy) is 3. The average molecular weight is 429 g/mol. The Morgan fingerprint density at radius 3 is 2.33 bits per heavy atom. The van der Waals surface area contributed by atoms with Crippen LogP contribution in [0, 0.1) is 5.41 Å². The molecule has 1 aliphatic heterocycles. The molecule has 1 aliphatic rings. The Kier molecular flexibility index (Phi) is 6.56. The molecule has 0 saturated carbocycles. The van der Waals surface area contributed by atoms with E-state index >= 15 is 0 Å². The van der Waals surface area contributed by atoms with Gasteiger partial charge in [-0.2, -0.15) is 0 Å². The molecule has 1 aromatic carbocycles. The first kappa shape index (κ1) is 21.6. The number of rotatable bonds is 5. The van der Waals surface area contributed by atoms with E-state index in [1.54, 1.807) is 12.1 Å². The molecule has 1 fully saturated rings. The fourth-order valence-electron chi connectivity index (χ4n) is 3.78. The summed E-state index contributed by atoms with van der Waals surface area (Å²) in [4.78, 5) is 41.0. The summed E-state index contributed by atoms with van der Waals surface area (Å²) in [6.45, 7) is 4.15. The molecule has 0 radical (unpaired) electrons. The average Bonchev–Trinajstić information content (AvgIpc) is 3.30. The summed E-state index contributed by atoms with van der Waals surface area (Å²) in [5.41, 5.74) is -0.424. The van der Waals surface area contributed by atoms with Crippen LogP contribution in [0.3, 0.4) is 0 Å². The van der Waals surface area contributed by atoms with E-state index in [1.807, 2.05) is 35.7 Å². The van der Waals surface area contributed by atoms with Crippen LogP contribution < -0.4 is 0 Å². The lowest BCUT2D eigenvalue weighted by Gasteiger charge is -2.45. The van der Waals surface area contributed by atoms with E-state index in [0.29, 0.717) is 10.5 Å². The van der Waals surface area contributed by atoms with Crippen molar-refractivity contribution in [3.8, 4) is 0 Å². The molecule has 0 bridgehead atoms. The lowest BCUT2D eigenvalue weighted by atomic mass is 9.71. The van der Waals surface area contributed by atoms with Crippen molar-refractivity contribution in [1.29, 1.82) is 0 Å². The number of hydrogen-bond acceptors (Lipinski definition) is 7. The molecule has 158 valence electrons. The highest BCUT2D eigenvalue weighted by Crippen LogP contribution is 2.50. The SMILES string of the molecule is C=C1CN(C(=O)OCc2ccccc2)[C@@H](c2cccs2)C(C(=O)OC)(C(=O)OC)C1. The van der Waals surface area contributed by atoms with Crippen LogP contribution in [0.15, 0.2) is 60.0 Å². The molecular weight excluding hydrogens is 406 g/mol. The van der Waals surface area contributed by atoms with Crippen LogP contribution in [0.25, 0.3) is 0 Å². The molecule has 0 spiro atoms. The Bertz CT molecular complexity index is 908. The lowest BCUT2D eigenvalue weighted by molar-refractivity contribution is -0.176. The zero-order chi connectivity index (χ0) is 21.7. The van der Waals surface area contributed by atoms with Gasteiger partial charge in [-0.3, -0.25) is 14.5 Å². The molecule has 1 aromatic heterocycles. The highest BCUT2D eigenvalue weighted by atomic mass is 32.1. The number of methoxy groups -OCH3 is 2. The van der Waals surface area contributed by atoms with E-state index in [1.165, 1.54) is 30.5 Å². The molecule has 1 saturated heterocycles. The van der Waals surface area contributed by atoms with E-state index < -0.39 is 29.5 Å². The van der Waals surface area contributed by atoms with Gasteiger partial charge in [0.25, 0.3) is 0 Å². The van der Waals surface area contributed by atoms with E-state index in [9.17, 15) is 14.4 Å². The second-order valence-corrected chi connectivity index (χ2v) is 7.95. The number of benzene rings is 1. The van der Waals surface area contributed by atoms with E-state index in [2.05, 4.69) is 6.58 Å². The number of piperidine rings is 1. The number of thiophene rings is 1. The molecule has 30 heavy (non-hydrogen) atoms. The molecule has 2 heterocycles. The van der Waals surface area contributed by atoms with Crippen molar-refractivity contribution >= 4 is 29.4 Å². The third kappa shape index (κ3) is 3.95. The first-order valence-corrected chi connectivity index (χ1v) is 10.2. The summed E-state index contributed by atoms with van der Waals surface area (Å²) in [5.74, 6) is -1.57. The molecule has 0 unspecified atom stereocenters. The summed E-state index contributed by atoms with van der Waals surface area (Å²) in [5, 5.41) is 1.81. The van der Waals surface area contributed by atoms with Crippen molar-refractivity contribution in [3.05, 3.63) is 70.4 Å². The quantitative estimate of drug-likeness (QED) is 0.312. The van der Waals surface area contributed by atoms with Gasteiger partial charge in [-0.15, -0.1) is 11.3 Å². The minimum Gasteiger partial charge on any atom is -0.468 e. The van der Waals surface area contributed by atoms with Crippen LogP contribution in [0.2, 0.25) is 0 Å². The summed E-state index contributed by atoms with van der Waals surface area (Å²) in [7, 11) is 2.40. The van der Waals surface area contributed by atoms with Crippen LogP contribution >= 0.6 is 11.3 Å². The molecule has 0 aliphatic carbocycles. The van der Waals surface area contributed by atoms with Crippen molar-refractivity contribution in [2.24, 2.45) is 5.41 Å². The van der Waals surface area contributed by atoms with E-state index in [0.717, 1.165) is 5.56 Å². The van der Waals surface area contributed by atoms with Gasteiger partial charge in [-0.1, -0.05) is 48.6 Å². The van der Waals surface area contributed by atoms with Crippen molar-refractivity contribution in [2.45, 2.75) is 19.1 Å². The van der Waals surface area contributed by atoms with Crippen LogP contribution in [0.1, 0.15) is 22.9 Å². The minimum atomic E-state index is -1.77. The maximum absolute atomic E-state index is 13.1. The monoisotopic (exact) mass is 429 g/mol. The Balaban J connectivity index is 2.01. The standard InChI is InChI=1S/C22H23NO6S/c1-15-12-22(19(24)27-2,20(25)28-3)18(17-10-7-11-30-17)23(13-15)21(26)29-14-16-8-5-4-6-9-16/h4-11,18H,1,12-14H2,2-3H3/t18-/m0/s1. The van der Waals surface area contributed by atoms with Gasteiger partial charge >= 0.3 is 18.0 Å². The predicted octanol–water partition coefficient (Wildman–Crippen LogP) is 3.72. The zero-order valence-corrected chi connectivity index (χ0v) is 17.6. The van der Waals surface area contributed by atoms with E-state index in [4.69, 9.17) is 14.2 Å². The summed E-state index contributed by atoms with van der Waals surface area (Å²) in [6, 6.07) is 11.9. The fourth-order valence-corrected chi connectivity index (χ4v) is 4.70. The number of hydrogen-bond donors (Lipinski definition) is 0. The first-order valence-electron chi connectivity index (χ1n) is 9.28. The van der Waals surface area contributed by atoms with Gasteiger partial charge in [-0.25, -0.2) is 4.79 Å². The molecule has 8 heteroatoms. The van der Waals surface area contributed by atoms with Crippen LogP contribution in [0.4, 0.5) is 4.79 Å². The summed E-state index contributed by atoms with van der Waals surface area (Å²) >= 11 is 1.33. The Hall–Kier alpha value is -3.13. The van der Waals surface area contributed by atoms with Crippen molar-refractivity contribution in [2.75, 3.05) is 20.8 Å². The fraction of sp³-hybridized carbons (Fsp3) is 0.318. The molecule has 3 rings (SSSR count). The van der Waals surface area contributed by atoms with Gasteiger partial charge < -0.3 is 14.2 Å². The maximum Gasteiger partial charge on any atom is 0.410 e. The second-order valence-electron chi connectivity index (χ2n) is 6.97. The van der Waals surface area contributed by atoms with Gasteiger partial charge in [0, 0.05) is 11.4 Å². The molecule has 7 nitrogen and oxygen atoms in total. The number of nitrogens with zero attached hydrogens (tertiary/aromatic N) is 1. The molecule has 0 N–H and O–H groups in total. The van der Waals surface area contributed by atoms with Gasteiger partial charge in [0.05, 0.1) is 20.3 Å². The maximum atomic E-state index is 13.1. The largest absolute Gasteiger partial charge is 0.468 e. The van der Waals surface area contributed by atoms with Crippen LogP contribution in [0.5, 0.6) is 0 Å². The van der Waals surface area contributed by atoms with Crippen LogP contribution in [-0.4, -0.2) is 43.7 Å². The smallest absolute Gasteiger partial charge is 0.410 e. The molecule has 1 amide bonds. The van der Waals surface area contributed by atoms with Gasteiger partial charge in [-0.05, 0) is 23.4 Å². The Morgan fingerprint density at radius 1 is 1.10 bits per heavy atom. The molecule has 1 atom stereocenters. The van der Waals surface area contributed by atoms with Crippen LogP contribution in [-0.2, 0) is 30.4 Å². The third-order valence-corrected chi connectivity index (χ3v) is 5.98. The molecular formula is C22H23NO6S. The normalized spacial score (nSPS) is 17.9. The topological polar surface area (TPSA) is 82.1 Å². The van der Waals surface area contributed by atoms with Gasteiger partial charge in [0.1, 0.15) is 6.61 Å². The second kappa shape index (κ2) is 9.13. The number of esters is 2. The lowest BCUT2D eigenvalue weighted by Crippen LogP contribution is -2.57. The number of carbonyl (C=O) groups excluding carboxylic acids is 3. The Labute approximate surface area is 178 Å². The van der Waals surface area contributed by atoms with Crippen molar-refractivity contribution in [1.82, 2.24) is 4.90 Å². The number of carbonyl (C=O) groups is 3. The summed E-state index contributed by atoms with van der Waals surface area (Å²) < 4.78 is 15.5. The van der Waals surface area contributed by atoms with Gasteiger partial charge in [0.15, 0.2) is 5.41 Å². The minimum absolute atomic E-state index is 0.0113. The Morgan fingerprint density at radius 2 is 1.77 bits per heavy atom. The molecule has 2 aromatic rings. The summed E-state index contributed by atoms with van der Waals surface area (Å²) in [6.07, 6.45) is -0.646. The van der Waals surface area contributed by atoms with Crippen molar-refractivity contribution < 1.29 is 28.6 Å². The third-order valence-electron chi connectivity index (χ3n) is 5.05. The number of likely N-dealkylation sites (tertiary alicyclic amines) is 1. The number of amides is 1.